The molecule has 23 heavy (non-hydrogen) atoms. The fourth-order valence-corrected chi connectivity index (χ4v) is 2.29. The summed E-state index contributed by atoms with van der Waals surface area (Å²) >= 11 is 3.40. The van der Waals surface area contributed by atoms with Gasteiger partial charge in [0.2, 0.25) is 11.8 Å². The molecule has 0 heterocycles. The molecule has 0 spiro atoms. The Hall–Kier alpha value is -1.40. The molecular formula is C17H26BrN3O2. The molecule has 1 aromatic carbocycles. The highest BCUT2D eigenvalue weighted by Gasteiger charge is 2.21. The van der Waals surface area contributed by atoms with Gasteiger partial charge in [-0.3, -0.25) is 9.59 Å². The second kappa shape index (κ2) is 9.03. The molecule has 0 fully saturated rings. The maximum Gasteiger partial charge on any atom is 0.242 e. The standard InChI is InChI=1S/C17H26BrN3O2/c1-11(2)16(19)17(23)20-9-15(22)21(12(3)4)10-13-5-7-14(18)8-6-13/h5-8,11-12,16H,9-10,19H2,1-4H3,(H,20,23)/t16-/m0/s1. The van der Waals surface area contributed by atoms with Crippen LogP contribution in [0.3, 0.4) is 0 Å². The number of amides is 2. The van der Waals surface area contributed by atoms with Gasteiger partial charge >= 0.3 is 0 Å². The molecule has 3 N–H and O–H groups in total. The molecule has 0 unspecified atom stereocenters. The molecule has 0 aliphatic rings. The van der Waals surface area contributed by atoms with Gasteiger partial charge in [0.05, 0.1) is 12.6 Å². The molecule has 1 atom stereocenters. The first-order valence-electron chi connectivity index (χ1n) is 7.79. The summed E-state index contributed by atoms with van der Waals surface area (Å²) in [7, 11) is 0. The summed E-state index contributed by atoms with van der Waals surface area (Å²) < 4.78 is 0.999. The molecule has 1 aromatic rings. The molecule has 0 aliphatic carbocycles. The number of carbonyl (C=O) groups is 2. The maximum absolute atomic E-state index is 12.4. The van der Waals surface area contributed by atoms with Crippen LogP contribution in [0.15, 0.2) is 28.7 Å². The van der Waals surface area contributed by atoms with Crippen molar-refractivity contribution >= 4 is 27.7 Å². The lowest BCUT2D eigenvalue weighted by molar-refractivity contribution is -0.135. The molecule has 0 bridgehead atoms. The second-order valence-electron chi connectivity index (χ2n) is 6.23. The van der Waals surface area contributed by atoms with Crippen LogP contribution in [0.4, 0.5) is 0 Å². The van der Waals surface area contributed by atoms with E-state index >= 15 is 0 Å². The van der Waals surface area contributed by atoms with Crippen LogP contribution in [-0.4, -0.2) is 35.3 Å². The van der Waals surface area contributed by atoms with Gasteiger partial charge in [0.25, 0.3) is 0 Å². The Kier molecular flexibility index (Phi) is 7.72. The molecule has 5 nitrogen and oxygen atoms in total. The summed E-state index contributed by atoms with van der Waals surface area (Å²) in [5, 5.41) is 2.63. The highest BCUT2D eigenvalue weighted by atomic mass is 79.9. The van der Waals surface area contributed by atoms with E-state index in [2.05, 4.69) is 21.2 Å². The van der Waals surface area contributed by atoms with E-state index in [1.54, 1.807) is 4.90 Å². The molecular weight excluding hydrogens is 358 g/mol. The van der Waals surface area contributed by atoms with Crippen molar-refractivity contribution in [3.8, 4) is 0 Å². The first kappa shape index (κ1) is 19.6. The number of benzene rings is 1. The normalized spacial score (nSPS) is 12.3. The Labute approximate surface area is 146 Å². The number of rotatable bonds is 7. The molecule has 6 heteroatoms. The molecule has 0 saturated carbocycles. The van der Waals surface area contributed by atoms with Gasteiger partial charge in [0.15, 0.2) is 0 Å². The van der Waals surface area contributed by atoms with Crippen LogP contribution in [0, 0.1) is 5.92 Å². The Morgan fingerprint density at radius 2 is 1.74 bits per heavy atom. The molecule has 2 amide bonds. The van der Waals surface area contributed by atoms with Crippen LogP contribution >= 0.6 is 15.9 Å². The Balaban J connectivity index is 2.65. The largest absolute Gasteiger partial charge is 0.346 e. The monoisotopic (exact) mass is 383 g/mol. The second-order valence-corrected chi connectivity index (χ2v) is 7.15. The van der Waals surface area contributed by atoms with Crippen LogP contribution in [0.25, 0.3) is 0 Å². The predicted octanol–water partition coefficient (Wildman–Crippen LogP) is 2.29. The van der Waals surface area contributed by atoms with Gasteiger partial charge in [0.1, 0.15) is 0 Å². The summed E-state index contributed by atoms with van der Waals surface area (Å²) in [4.78, 5) is 26.0. The van der Waals surface area contributed by atoms with Crippen molar-refractivity contribution in [1.82, 2.24) is 10.2 Å². The van der Waals surface area contributed by atoms with E-state index in [4.69, 9.17) is 5.73 Å². The molecule has 1 rings (SSSR count). The summed E-state index contributed by atoms with van der Waals surface area (Å²) in [5.74, 6) is -0.373. The zero-order chi connectivity index (χ0) is 17.6. The minimum atomic E-state index is -0.596. The summed E-state index contributed by atoms with van der Waals surface area (Å²) in [6.45, 7) is 8.14. The first-order chi connectivity index (χ1) is 10.7. The van der Waals surface area contributed by atoms with Crippen molar-refractivity contribution in [2.45, 2.75) is 46.3 Å². The quantitative estimate of drug-likeness (QED) is 0.758. The number of hydrogen-bond donors (Lipinski definition) is 2. The lowest BCUT2D eigenvalue weighted by atomic mass is 10.1. The Morgan fingerprint density at radius 1 is 1.17 bits per heavy atom. The number of nitrogens with zero attached hydrogens (tertiary/aromatic N) is 1. The van der Waals surface area contributed by atoms with Crippen LogP contribution in [0.1, 0.15) is 33.3 Å². The maximum atomic E-state index is 12.4. The van der Waals surface area contributed by atoms with Crippen molar-refractivity contribution in [3.05, 3.63) is 34.3 Å². The molecule has 0 aliphatic heterocycles. The van der Waals surface area contributed by atoms with Crippen LogP contribution in [0.2, 0.25) is 0 Å². The fraction of sp³-hybridized carbons (Fsp3) is 0.529. The Morgan fingerprint density at radius 3 is 2.22 bits per heavy atom. The third-order valence-corrected chi connectivity index (χ3v) is 4.17. The van der Waals surface area contributed by atoms with Crippen molar-refractivity contribution in [2.24, 2.45) is 11.7 Å². The fourth-order valence-electron chi connectivity index (χ4n) is 2.03. The lowest BCUT2D eigenvalue weighted by Crippen LogP contribution is -2.48. The zero-order valence-corrected chi connectivity index (χ0v) is 15.8. The van der Waals surface area contributed by atoms with Crippen molar-refractivity contribution in [1.29, 1.82) is 0 Å². The van der Waals surface area contributed by atoms with Gasteiger partial charge in [0, 0.05) is 17.1 Å². The number of nitrogens with two attached hydrogens (primary N) is 1. The van der Waals surface area contributed by atoms with Crippen LogP contribution in [-0.2, 0) is 16.1 Å². The van der Waals surface area contributed by atoms with Crippen LogP contribution < -0.4 is 11.1 Å². The van der Waals surface area contributed by atoms with E-state index in [0.717, 1.165) is 10.0 Å². The van der Waals surface area contributed by atoms with Gasteiger partial charge < -0.3 is 16.0 Å². The number of nitrogens with one attached hydrogen (secondary N) is 1. The van der Waals surface area contributed by atoms with Crippen LogP contribution in [0.5, 0.6) is 0 Å². The first-order valence-corrected chi connectivity index (χ1v) is 8.59. The van der Waals surface area contributed by atoms with Gasteiger partial charge in [-0.2, -0.15) is 0 Å². The SMILES string of the molecule is CC(C)[C@H](N)C(=O)NCC(=O)N(Cc1ccc(Br)cc1)C(C)C. The predicted molar refractivity (Wildman–Crippen MR) is 95.7 cm³/mol. The minimum absolute atomic E-state index is 0.0338. The zero-order valence-electron chi connectivity index (χ0n) is 14.2. The molecule has 0 aromatic heterocycles. The summed E-state index contributed by atoms with van der Waals surface area (Å²) in [6.07, 6.45) is 0. The van der Waals surface area contributed by atoms with Gasteiger partial charge in [-0.05, 0) is 37.5 Å². The smallest absolute Gasteiger partial charge is 0.242 e. The molecule has 128 valence electrons. The topological polar surface area (TPSA) is 75.4 Å². The highest BCUT2D eigenvalue weighted by Crippen LogP contribution is 2.13. The summed E-state index contributed by atoms with van der Waals surface area (Å²) in [6, 6.07) is 7.28. The van der Waals surface area contributed by atoms with E-state index < -0.39 is 6.04 Å². The van der Waals surface area contributed by atoms with Gasteiger partial charge in [-0.15, -0.1) is 0 Å². The van der Waals surface area contributed by atoms with Crippen molar-refractivity contribution in [3.63, 3.8) is 0 Å². The average Bonchev–Trinajstić information content (AvgIpc) is 2.50. The van der Waals surface area contributed by atoms with E-state index in [-0.39, 0.29) is 30.3 Å². The Bertz CT molecular complexity index is 529. The summed E-state index contributed by atoms with van der Waals surface area (Å²) in [5.41, 5.74) is 6.82. The molecule has 0 radical (unpaired) electrons. The van der Waals surface area contributed by atoms with Gasteiger partial charge in [-0.1, -0.05) is 41.9 Å². The van der Waals surface area contributed by atoms with E-state index in [1.807, 2.05) is 52.0 Å². The number of carbonyl (C=O) groups excluding carboxylic acids is 2. The highest BCUT2D eigenvalue weighted by molar-refractivity contribution is 9.10. The van der Waals surface area contributed by atoms with Crippen molar-refractivity contribution < 1.29 is 9.59 Å². The average molecular weight is 384 g/mol. The third-order valence-electron chi connectivity index (χ3n) is 3.64. The number of halogens is 1. The van der Waals surface area contributed by atoms with Crippen molar-refractivity contribution in [2.75, 3.05) is 6.54 Å². The van der Waals surface area contributed by atoms with E-state index in [9.17, 15) is 9.59 Å². The lowest BCUT2D eigenvalue weighted by Gasteiger charge is -2.27. The minimum Gasteiger partial charge on any atom is -0.346 e. The van der Waals surface area contributed by atoms with Gasteiger partial charge in [-0.25, -0.2) is 0 Å². The van der Waals surface area contributed by atoms with E-state index in [0.29, 0.717) is 6.54 Å². The molecule has 0 saturated heterocycles. The third kappa shape index (κ3) is 6.31. The number of hydrogen-bond acceptors (Lipinski definition) is 3. The van der Waals surface area contributed by atoms with E-state index in [1.165, 1.54) is 0 Å².